The second-order valence-electron chi connectivity index (χ2n) is 7.19. The molecular formula is C23H25N3O4S. The van der Waals surface area contributed by atoms with Gasteiger partial charge in [0.2, 0.25) is 5.91 Å². The Bertz CT molecular complexity index is 1030. The van der Waals surface area contributed by atoms with Gasteiger partial charge in [0.15, 0.2) is 5.13 Å². The summed E-state index contributed by atoms with van der Waals surface area (Å²) in [6, 6.07) is 13.9. The highest BCUT2D eigenvalue weighted by Crippen LogP contribution is 2.25. The van der Waals surface area contributed by atoms with Gasteiger partial charge in [-0.25, -0.2) is 4.98 Å². The number of rotatable bonds is 8. The number of anilines is 1. The normalized spacial score (nSPS) is 11.6. The van der Waals surface area contributed by atoms with Crippen LogP contribution in [-0.2, 0) is 4.79 Å². The number of nitrogens with zero attached hydrogens (tertiary/aromatic N) is 1. The maximum atomic E-state index is 12.9. The molecule has 2 N–H and O–H groups in total. The molecule has 0 bridgehead atoms. The lowest BCUT2D eigenvalue weighted by molar-refractivity contribution is -0.118. The second kappa shape index (κ2) is 10.1. The molecule has 0 spiro atoms. The lowest BCUT2D eigenvalue weighted by Crippen LogP contribution is -2.47. The first-order chi connectivity index (χ1) is 14.9. The Balaban J connectivity index is 1.73. The molecule has 1 atom stereocenters. The van der Waals surface area contributed by atoms with Crippen LogP contribution in [-0.4, -0.2) is 37.1 Å². The Hall–Kier alpha value is -3.39. The smallest absolute Gasteiger partial charge is 0.252 e. The number of aromatic nitrogens is 1. The summed E-state index contributed by atoms with van der Waals surface area (Å²) in [6.45, 7) is 3.74. The van der Waals surface area contributed by atoms with Crippen LogP contribution in [0.5, 0.6) is 11.5 Å². The third-order valence-electron chi connectivity index (χ3n) is 4.65. The van der Waals surface area contributed by atoms with E-state index in [-0.39, 0.29) is 11.8 Å². The van der Waals surface area contributed by atoms with Crippen molar-refractivity contribution in [2.45, 2.75) is 19.9 Å². The van der Waals surface area contributed by atoms with E-state index in [0.29, 0.717) is 22.2 Å². The van der Waals surface area contributed by atoms with E-state index in [1.54, 1.807) is 18.2 Å². The maximum absolute atomic E-state index is 12.9. The van der Waals surface area contributed by atoms with E-state index in [1.807, 2.05) is 49.6 Å². The van der Waals surface area contributed by atoms with Gasteiger partial charge in [0.1, 0.15) is 17.5 Å². The average Bonchev–Trinajstić information content (AvgIpc) is 3.25. The van der Waals surface area contributed by atoms with E-state index >= 15 is 0 Å². The summed E-state index contributed by atoms with van der Waals surface area (Å²) >= 11 is 1.34. The summed E-state index contributed by atoms with van der Waals surface area (Å²) in [7, 11) is 3.02. The quantitative estimate of drug-likeness (QED) is 0.549. The molecule has 1 heterocycles. The van der Waals surface area contributed by atoms with Crippen LogP contribution in [0.2, 0.25) is 0 Å². The zero-order chi connectivity index (χ0) is 22.4. The molecule has 31 heavy (non-hydrogen) atoms. The average molecular weight is 440 g/mol. The fourth-order valence-corrected chi connectivity index (χ4v) is 3.68. The van der Waals surface area contributed by atoms with E-state index < -0.39 is 11.9 Å². The van der Waals surface area contributed by atoms with Crippen molar-refractivity contribution in [2.75, 3.05) is 19.5 Å². The number of ether oxygens (including phenoxy) is 2. The van der Waals surface area contributed by atoms with E-state index in [4.69, 9.17) is 9.47 Å². The number of methoxy groups -OCH3 is 2. The standard InChI is InChI=1S/C23H25N3O4S/c1-14(2)20(25-21(27)16-10-17(29-3)12-18(11-16)30-4)22(28)26-23-24-19(13-31-23)15-8-6-5-7-9-15/h5-14,20H,1-4H3,(H,25,27)(H,24,26,28). The van der Waals surface area contributed by atoms with E-state index in [0.717, 1.165) is 11.3 Å². The first kappa shape index (κ1) is 22.3. The Morgan fingerprint density at radius 1 is 1.00 bits per heavy atom. The summed E-state index contributed by atoms with van der Waals surface area (Å²) in [4.78, 5) is 30.2. The van der Waals surface area contributed by atoms with Gasteiger partial charge < -0.3 is 20.1 Å². The highest BCUT2D eigenvalue weighted by Gasteiger charge is 2.26. The molecule has 0 saturated carbocycles. The Kier molecular flexibility index (Phi) is 7.25. The van der Waals surface area contributed by atoms with Crippen LogP contribution in [0.4, 0.5) is 5.13 Å². The van der Waals surface area contributed by atoms with Gasteiger partial charge in [-0.2, -0.15) is 0 Å². The molecular weight excluding hydrogens is 414 g/mol. The lowest BCUT2D eigenvalue weighted by Gasteiger charge is -2.21. The number of hydrogen-bond acceptors (Lipinski definition) is 6. The van der Waals surface area contributed by atoms with Crippen LogP contribution in [0.1, 0.15) is 24.2 Å². The van der Waals surface area contributed by atoms with Gasteiger partial charge in [-0.15, -0.1) is 11.3 Å². The SMILES string of the molecule is COc1cc(OC)cc(C(=O)NC(C(=O)Nc2nc(-c3ccccc3)cs2)C(C)C)c1. The molecule has 1 unspecified atom stereocenters. The van der Waals surface area contributed by atoms with Crippen LogP contribution in [0.3, 0.4) is 0 Å². The number of thiazole rings is 1. The molecule has 0 radical (unpaired) electrons. The molecule has 0 aliphatic rings. The Morgan fingerprint density at radius 3 is 2.23 bits per heavy atom. The van der Waals surface area contributed by atoms with Crippen LogP contribution in [0.15, 0.2) is 53.9 Å². The van der Waals surface area contributed by atoms with Crippen molar-refractivity contribution in [1.29, 1.82) is 0 Å². The molecule has 2 amide bonds. The monoisotopic (exact) mass is 439 g/mol. The number of benzene rings is 2. The van der Waals surface area contributed by atoms with Crippen LogP contribution >= 0.6 is 11.3 Å². The van der Waals surface area contributed by atoms with E-state index in [1.165, 1.54) is 25.6 Å². The molecule has 3 rings (SSSR count). The summed E-state index contributed by atoms with van der Waals surface area (Å²) in [5.74, 6) is 0.130. The minimum Gasteiger partial charge on any atom is -0.497 e. The van der Waals surface area contributed by atoms with Gasteiger partial charge in [-0.3, -0.25) is 9.59 Å². The van der Waals surface area contributed by atoms with Crippen LogP contribution < -0.4 is 20.1 Å². The van der Waals surface area contributed by atoms with Crippen molar-refractivity contribution in [1.82, 2.24) is 10.3 Å². The minimum absolute atomic E-state index is 0.134. The first-order valence-corrected chi connectivity index (χ1v) is 10.6. The topological polar surface area (TPSA) is 89.5 Å². The van der Waals surface area contributed by atoms with Crippen molar-refractivity contribution in [3.63, 3.8) is 0 Å². The summed E-state index contributed by atoms with van der Waals surface area (Å²) < 4.78 is 10.4. The predicted octanol–water partition coefficient (Wildman–Crippen LogP) is 4.22. The molecule has 0 aliphatic heterocycles. The van der Waals surface area contributed by atoms with Crippen LogP contribution in [0.25, 0.3) is 11.3 Å². The molecule has 8 heteroatoms. The fraction of sp³-hybridized carbons (Fsp3) is 0.261. The Labute approximate surface area is 185 Å². The van der Waals surface area contributed by atoms with Crippen molar-refractivity contribution in [3.8, 4) is 22.8 Å². The lowest BCUT2D eigenvalue weighted by atomic mass is 10.0. The maximum Gasteiger partial charge on any atom is 0.252 e. The second-order valence-corrected chi connectivity index (χ2v) is 8.05. The van der Waals surface area contributed by atoms with Gasteiger partial charge >= 0.3 is 0 Å². The third kappa shape index (κ3) is 5.61. The third-order valence-corrected chi connectivity index (χ3v) is 5.41. The van der Waals surface area contributed by atoms with Crippen molar-refractivity contribution < 1.29 is 19.1 Å². The van der Waals surface area contributed by atoms with Gasteiger partial charge in [0.25, 0.3) is 5.91 Å². The molecule has 0 saturated heterocycles. The van der Waals surface area contributed by atoms with Crippen molar-refractivity contribution in [3.05, 3.63) is 59.5 Å². The highest BCUT2D eigenvalue weighted by molar-refractivity contribution is 7.14. The largest absolute Gasteiger partial charge is 0.497 e. The molecule has 3 aromatic rings. The summed E-state index contributed by atoms with van der Waals surface area (Å²) in [5.41, 5.74) is 2.10. The number of carbonyl (C=O) groups excluding carboxylic acids is 2. The van der Waals surface area contributed by atoms with Crippen molar-refractivity contribution >= 4 is 28.3 Å². The molecule has 1 aromatic heterocycles. The molecule has 2 aromatic carbocycles. The number of carbonyl (C=O) groups is 2. The van der Waals surface area contributed by atoms with Gasteiger partial charge in [-0.1, -0.05) is 44.2 Å². The zero-order valence-electron chi connectivity index (χ0n) is 17.8. The van der Waals surface area contributed by atoms with Gasteiger partial charge in [0.05, 0.1) is 19.9 Å². The molecule has 7 nitrogen and oxygen atoms in total. The van der Waals surface area contributed by atoms with Gasteiger partial charge in [-0.05, 0) is 18.1 Å². The number of nitrogens with one attached hydrogen (secondary N) is 2. The minimum atomic E-state index is -0.742. The number of hydrogen-bond donors (Lipinski definition) is 2. The summed E-state index contributed by atoms with van der Waals surface area (Å²) in [5, 5.41) is 7.99. The predicted molar refractivity (Wildman–Crippen MR) is 122 cm³/mol. The molecule has 162 valence electrons. The fourth-order valence-electron chi connectivity index (χ4n) is 2.95. The van der Waals surface area contributed by atoms with Gasteiger partial charge in [0, 0.05) is 22.6 Å². The van der Waals surface area contributed by atoms with Crippen LogP contribution in [0, 0.1) is 5.92 Å². The highest BCUT2D eigenvalue weighted by atomic mass is 32.1. The Morgan fingerprint density at radius 2 is 1.65 bits per heavy atom. The van der Waals surface area contributed by atoms with E-state index in [2.05, 4.69) is 15.6 Å². The zero-order valence-corrected chi connectivity index (χ0v) is 18.7. The number of amides is 2. The molecule has 0 aliphatic carbocycles. The van der Waals surface area contributed by atoms with E-state index in [9.17, 15) is 9.59 Å². The van der Waals surface area contributed by atoms with Crippen molar-refractivity contribution in [2.24, 2.45) is 5.92 Å². The summed E-state index contributed by atoms with van der Waals surface area (Å²) in [6.07, 6.45) is 0. The first-order valence-electron chi connectivity index (χ1n) is 9.77. The molecule has 0 fully saturated rings.